The SMILES string of the molecule is COc1ccc(-n2nc3c(c2NC(=O)c2cccc([N+](=O)[O-])c2C)CSC3)cc1. The van der Waals surface area contributed by atoms with E-state index in [1.807, 2.05) is 24.3 Å². The number of nitrogens with zero attached hydrogens (tertiary/aromatic N) is 3. The molecule has 0 saturated heterocycles. The standard InChI is InChI=1S/C20H18N4O4S/c1-12-15(4-3-5-18(12)24(26)27)20(25)21-19-16-10-29-11-17(16)22-23(19)13-6-8-14(28-2)9-7-13/h3-9H,10-11H2,1-2H3,(H,21,25). The number of hydrogen-bond donors (Lipinski definition) is 1. The molecule has 0 saturated carbocycles. The van der Waals surface area contributed by atoms with Crippen molar-refractivity contribution in [3.8, 4) is 11.4 Å². The molecule has 29 heavy (non-hydrogen) atoms. The number of nitro benzene ring substituents is 1. The molecule has 0 bridgehead atoms. The minimum Gasteiger partial charge on any atom is -0.497 e. The quantitative estimate of drug-likeness (QED) is 0.502. The van der Waals surface area contributed by atoms with Crippen LogP contribution in [0.15, 0.2) is 42.5 Å². The Hall–Kier alpha value is -3.33. The molecule has 3 aromatic rings. The highest BCUT2D eigenvalue weighted by Gasteiger charge is 2.26. The normalized spacial score (nSPS) is 12.5. The lowest BCUT2D eigenvalue weighted by atomic mass is 10.1. The fourth-order valence-corrected chi connectivity index (χ4v) is 4.33. The Labute approximate surface area is 171 Å². The predicted octanol–water partition coefficient (Wildman–Crippen LogP) is 4.10. The second-order valence-electron chi connectivity index (χ2n) is 6.54. The molecule has 1 N–H and O–H groups in total. The molecule has 2 aromatic carbocycles. The van der Waals surface area contributed by atoms with Gasteiger partial charge in [0.05, 0.1) is 23.4 Å². The predicted molar refractivity (Wildman–Crippen MR) is 111 cm³/mol. The van der Waals surface area contributed by atoms with Crippen LogP contribution in [-0.4, -0.2) is 27.7 Å². The second kappa shape index (κ2) is 7.59. The number of fused-ring (bicyclic) bond motifs is 1. The van der Waals surface area contributed by atoms with Crippen molar-refractivity contribution in [2.24, 2.45) is 0 Å². The largest absolute Gasteiger partial charge is 0.497 e. The summed E-state index contributed by atoms with van der Waals surface area (Å²) in [6.45, 7) is 1.58. The van der Waals surface area contributed by atoms with Crippen LogP contribution in [0.3, 0.4) is 0 Å². The molecule has 4 rings (SSSR count). The lowest BCUT2D eigenvalue weighted by molar-refractivity contribution is -0.385. The fraction of sp³-hybridized carbons (Fsp3) is 0.200. The summed E-state index contributed by atoms with van der Waals surface area (Å²) in [5, 5.41) is 18.8. The Morgan fingerprint density at radius 2 is 2.00 bits per heavy atom. The van der Waals surface area contributed by atoms with E-state index in [0.29, 0.717) is 11.4 Å². The first-order valence-corrected chi connectivity index (χ1v) is 10.0. The van der Waals surface area contributed by atoms with Crippen LogP contribution in [0.2, 0.25) is 0 Å². The first kappa shape index (κ1) is 19.0. The van der Waals surface area contributed by atoms with Gasteiger partial charge in [0.2, 0.25) is 0 Å². The van der Waals surface area contributed by atoms with E-state index in [4.69, 9.17) is 4.74 Å². The summed E-state index contributed by atoms with van der Waals surface area (Å²) in [5.41, 5.74) is 3.20. The number of aromatic nitrogens is 2. The van der Waals surface area contributed by atoms with Crippen molar-refractivity contribution in [2.45, 2.75) is 18.4 Å². The average Bonchev–Trinajstić information content (AvgIpc) is 3.30. The Balaban J connectivity index is 1.73. The van der Waals surface area contributed by atoms with Crippen molar-refractivity contribution in [1.29, 1.82) is 0 Å². The Morgan fingerprint density at radius 1 is 1.24 bits per heavy atom. The van der Waals surface area contributed by atoms with Crippen LogP contribution in [0.4, 0.5) is 11.5 Å². The van der Waals surface area contributed by atoms with Gasteiger partial charge in [0, 0.05) is 34.3 Å². The Kier molecular flexibility index (Phi) is 4.98. The molecule has 0 fully saturated rings. The maximum absolute atomic E-state index is 13.0. The van der Waals surface area contributed by atoms with E-state index < -0.39 is 10.8 Å². The molecule has 1 aliphatic rings. The monoisotopic (exact) mass is 410 g/mol. The number of nitrogens with one attached hydrogen (secondary N) is 1. The highest BCUT2D eigenvalue weighted by molar-refractivity contribution is 7.98. The molecule has 9 heteroatoms. The highest BCUT2D eigenvalue weighted by atomic mass is 32.2. The van der Waals surface area contributed by atoms with Gasteiger partial charge in [0.15, 0.2) is 0 Å². The van der Waals surface area contributed by atoms with Crippen LogP contribution in [0, 0.1) is 17.0 Å². The fourth-order valence-electron chi connectivity index (χ4n) is 3.29. The van der Waals surface area contributed by atoms with Crippen LogP contribution in [-0.2, 0) is 11.5 Å². The third-order valence-corrected chi connectivity index (χ3v) is 5.82. The zero-order valence-electron chi connectivity index (χ0n) is 15.8. The highest BCUT2D eigenvalue weighted by Crippen LogP contribution is 2.36. The van der Waals surface area contributed by atoms with Gasteiger partial charge < -0.3 is 10.1 Å². The van der Waals surface area contributed by atoms with Gasteiger partial charge in [-0.15, -0.1) is 0 Å². The van der Waals surface area contributed by atoms with Crippen LogP contribution >= 0.6 is 11.8 Å². The van der Waals surface area contributed by atoms with E-state index in [9.17, 15) is 14.9 Å². The van der Waals surface area contributed by atoms with Gasteiger partial charge in [-0.05, 0) is 37.3 Å². The van der Waals surface area contributed by atoms with Gasteiger partial charge in [-0.3, -0.25) is 14.9 Å². The molecular weight excluding hydrogens is 392 g/mol. The van der Waals surface area contributed by atoms with E-state index in [0.717, 1.165) is 34.2 Å². The Morgan fingerprint density at radius 3 is 2.69 bits per heavy atom. The van der Waals surface area contributed by atoms with E-state index in [1.165, 1.54) is 12.1 Å². The molecule has 0 spiro atoms. The molecule has 1 amide bonds. The van der Waals surface area contributed by atoms with E-state index in [2.05, 4.69) is 10.4 Å². The van der Waals surface area contributed by atoms with Crippen LogP contribution in [0.5, 0.6) is 5.75 Å². The smallest absolute Gasteiger partial charge is 0.273 e. The van der Waals surface area contributed by atoms with Gasteiger partial charge >= 0.3 is 0 Å². The summed E-state index contributed by atoms with van der Waals surface area (Å²) in [7, 11) is 1.60. The zero-order valence-corrected chi connectivity index (χ0v) is 16.7. The van der Waals surface area contributed by atoms with Gasteiger partial charge in [-0.25, -0.2) is 4.68 Å². The summed E-state index contributed by atoms with van der Waals surface area (Å²) in [5.74, 6) is 2.43. The minimum atomic E-state index is -0.484. The number of thioether (sulfide) groups is 1. The van der Waals surface area contributed by atoms with E-state index in [-0.39, 0.29) is 11.3 Å². The van der Waals surface area contributed by atoms with Gasteiger partial charge in [0.25, 0.3) is 11.6 Å². The number of hydrogen-bond acceptors (Lipinski definition) is 6. The topological polar surface area (TPSA) is 99.3 Å². The molecule has 2 heterocycles. The summed E-state index contributed by atoms with van der Waals surface area (Å²) in [4.78, 5) is 23.7. The summed E-state index contributed by atoms with van der Waals surface area (Å²) in [6.07, 6.45) is 0. The van der Waals surface area contributed by atoms with Crippen molar-refractivity contribution in [3.05, 3.63) is 75.0 Å². The number of carbonyl (C=O) groups is 1. The molecule has 148 valence electrons. The number of benzene rings is 2. The molecule has 0 aliphatic carbocycles. The number of anilines is 1. The van der Waals surface area contributed by atoms with Crippen LogP contribution in [0.25, 0.3) is 5.69 Å². The third-order valence-electron chi connectivity index (χ3n) is 4.85. The van der Waals surface area contributed by atoms with Crippen molar-refractivity contribution in [2.75, 3.05) is 12.4 Å². The number of amides is 1. The van der Waals surface area contributed by atoms with Crippen molar-refractivity contribution in [1.82, 2.24) is 9.78 Å². The second-order valence-corrected chi connectivity index (χ2v) is 7.52. The van der Waals surface area contributed by atoms with Crippen molar-refractivity contribution < 1.29 is 14.5 Å². The maximum Gasteiger partial charge on any atom is 0.273 e. The molecule has 8 nitrogen and oxygen atoms in total. The number of nitro groups is 1. The van der Waals surface area contributed by atoms with Gasteiger partial charge in [0.1, 0.15) is 11.6 Å². The van der Waals surface area contributed by atoms with Crippen LogP contribution in [0.1, 0.15) is 27.2 Å². The summed E-state index contributed by atoms with van der Waals surface area (Å²) in [6, 6.07) is 11.9. The molecule has 0 radical (unpaired) electrons. The first-order chi connectivity index (χ1) is 14.0. The van der Waals surface area contributed by atoms with E-state index in [1.54, 1.807) is 36.5 Å². The average molecular weight is 410 g/mol. The lowest BCUT2D eigenvalue weighted by Gasteiger charge is -2.12. The summed E-state index contributed by atoms with van der Waals surface area (Å²) >= 11 is 1.73. The third kappa shape index (κ3) is 3.44. The molecule has 0 unspecified atom stereocenters. The zero-order chi connectivity index (χ0) is 20.5. The van der Waals surface area contributed by atoms with Gasteiger partial charge in [-0.2, -0.15) is 16.9 Å². The molecule has 1 aliphatic heterocycles. The maximum atomic E-state index is 13.0. The molecule has 0 atom stereocenters. The summed E-state index contributed by atoms with van der Waals surface area (Å²) < 4.78 is 6.91. The van der Waals surface area contributed by atoms with Crippen molar-refractivity contribution >= 4 is 29.2 Å². The lowest BCUT2D eigenvalue weighted by Crippen LogP contribution is -2.17. The van der Waals surface area contributed by atoms with Crippen molar-refractivity contribution in [3.63, 3.8) is 0 Å². The Bertz CT molecular complexity index is 1110. The van der Waals surface area contributed by atoms with Crippen LogP contribution < -0.4 is 10.1 Å². The number of rotatable bonds is 5. The van der Waals surface area contributed by atoms with E-state index >= 15 is 0 Å². The number of methoxy groups -OCH3 is 1. The minimum absolute atomic E-state index is 0.0814. The number of ether oxygens (including phenoxy) is 1. The first-order valence-electron chi connectivity index (χ1n) is 8.88. The molecule has 1 aromatic heterocycles. The number of carbonyl (C=O) groups excluding carboxylic acids is 1. The van der Waals surface area contributed by atoms with Gasteiger partial charge in [-0.1, -0.05) is 6.07 Å². The molecular formula is C20H18N4O4S.